The minimum Gasteiger partial charge on any atom is -0.482 e. The Kier molecular flexibility index (Phi) is 22.3. The van der Waals surface area contributed by atoms with Crippen LogP contribution in [0.4, 0.5) is 22.8 Å². The maximum Gasteiger partial charge on any atom is 0.407 e. The molecule has 0 aromatic heterocycles. The zero-order valence-electron chi connectivity index (χ0n) is 35.4. The third-order valence-electron chi connectivity index (χ3n) is 9.50. The highest BCUT2D eigenvalue weighted by atomic mass is 79.9. The van der Waals surface area contributed by atoms with E-state index in [-0.39, 0.29) is 41.2 Å². The molecule has 4 N–H and O–H groups in total. The Labute approximate surface area is 354 Å². The standard InChI is InChI=1S/C24H33F3N2O5.C18H31BrN2O4/c1-24(2,3)34-23(32)28-11-7-6-10-18(29-22(31)15-8-4-5-9-15)19(30)14-33-20-13-16(25)12-17(26)21(20)27;1-18(2,3)25-17(24)20-11-7-6-10-14(15(22)12-19)21-16(23)13-8-4-5-9-13/h12-13,15,18H,4-11,14H2,1-3H3,(H,28,32)(H,29,31);13-14H,4-12H2,1-3H3,(H,20,24)(H,21,23)/t18-;14-/m00/s1. The van der Waals surface area contributed by atoms with Gasteiger partial charge < -0.3 is 35.5 Å². The highest BCUT2D eigenvalue weighted by molar-refractivity contribution is 9.09. The number of carbonyl (C=O) groups excluding carboxylic acids is 6. The van der Waals surface area contributed by atoms with E-state index in [2.05, 4.69) is 37.2 Å². The topological polar surface area (TPSA) is 178 Å². The summed E-state index contributed by atoms with van der Waals surface area (Å²) in [6.07, 6.45) is 9.73. The van der Waals surface area contributed by atoms with Crippen LogP contribution in [0, 0.1) is 29.3 Å². The van der Waals surface area contributed by atoms with Gasteiger partial charge in [-0.15, -0.1) is 0 Å². The summed E-state index contributed by atoms with van der Waals surface area (Å²) >= 11 is 3.18. The molecule has 2 aliphatic rings. The van der Waals surface area contributed by atoms with Gasteiger partial charge in [-0.1, -0.05) is 41.6 Å². The van der Waals surface area contributed by atoms with Crippen molar-refractivity contribution < 1.29 is 56.1 Å². The number of Topliss-reactive ketones (excluding diaryl/α,β-unsaturated/α-hetero) is 2. The van der Waals surface area contributed by atoms with Crippen LogP contribution in [0.3, 0.4) is 0 Å². The van der Waals surface area contributed by atoms with Gasteiger partial charge in [-0.3, -0.25) is 19.2 Å². The molecule has 1 aromatic rings. The van der Waals surface area contributed by atoms with E-state index in [1.54, 1.807) is 20.8 Å². The van der Waals surface area contributed by atoms with E-state index in [9.17, 15) is 41.9 Å². The fraction of sp³-hybridized carbons (Fsp3) is 0.714. The molecule has 0 bridgehead atoms. The highest BCUT2D eigenvalue weighted by Gasteiger charge is 2.29. The van der Waals surface area contributed by atoms with Gasteiger partial charge in [-0.25, -0.2) is 18.4 Å². The van der Waals surface area contributed by atoms with Crippen molar-refractivity contribution in [3.8, 4) is 5.75 Å². The van der Waals surface area contributed by atoms with Gasteiger partial charge in [0.05, 0.1) is 17.4 Å². The molecule has 2 fully saturated rings. The fourth-order valence-corrected chi connectivity index (χ4v) is 6.91. The number of unbranched alkanes of at least 4 members (excludes halogenated alkanes) is 2. The summed E-state index contributed by atoms with van der Waals surface area (Å²) in [6, 6.07) is -0.329. The van der Waals surface area contributed by atoms with Crippen LogP contribution in [0.1, 0.15) is 131 Å². The monoisotopic (exact) mass is 904 g/mol. The molecule has 2 saturated carbocycles. The van der Waals surface area contributed by atoms with Crippen molar-refractivity contribution in [3.05, 3.63) is 29.6 Å². The van der Waals surface area contributed by atoms with Crippen LogP contribution in [-0.4, -0.2) is 83.9 Å². The smallest absolute Gasteiger partial charge is 0.407 e. The van der Waals surface area contributed by atoms with Gasteiger partial charge in [0.25, 0.3) is 0 Å². The minimum absolute atomic E-state index is 0.00341. The molecule has 4 amide bonds. The molecule has 0 saturated heterocycles. The summed E-state index contributed by atoms with van der Waals surface area (Å²) in [7, 11) is 0. The molecule has 59 heavy (non-hydrogen) atoms. The first-order valence-electron chi connectivity index (χ1n) is 20.6. The Bertz CT molecular complexity index is 1540. The van der Waals surface area contributed by atoms with Crippen molar-refractivity contribution >= 4 is 51.5 Å². The number of hydrogen-bond donors (Lipinski definition) is 4. The number of ketones is 2. The summed E-state index contributed by atoms with van der Waals surface area (Å²) in [4.78, 5) is 72.8. The number of rotatable bonds is 20. The van der Waals surface area contributed by atoms with Crippen molar-refractivity contribution in [2.24, 2.45) is 11.8 Å². The molecule has 1 aromatic carbocycles. The van der Waals surface area contributed by atoms with E-state index in [0.29, 0.717) is 44.5 Å². The van der Waals surface area contributed by atoms with E-state index < -0.39 is 71.1 Å². The summed E-state index contributed by atoms with van der Waals surface area (Å²) in [5.74, 6) is -5.46. The lowest BCUT2D eigenvalue weighted by Gasteiger charge is -2.21. The molecule has 2 atom stereocenters. The van der Waals surface area contributed by atoms with Crippen molar-refractivity contribution in [2.45, 2.75) is 155 Å². The summed E-state index contributed by atoms with van der Waals surface area (Å²) in [5, 5.41) is 11.2. The van der Waals surface area contributed by atoms with Crippen LogP contribution in [0.15, 0.2) is 12.1 Å². The average Bonchev–Trinajstić information content (AvgIpc) is 3.89. The minimum atomic E-state index is -1.42. The van der Waals surface area contributed by atoms with Gasteiger partial charge in [0, 0.05) is 37.1 Å². The summed E-state index contributed by atoms with van der Waals surface area (Å²) < 4.78 is 55.9. The van der Waals surface area contributed by atoms with Crippen LogP contribution in [0.2, 0.25) is 0 Å². The van der Waals surface area contributed by atoms with Crippen molar-refractivity contribution in [1.29, 1.82) is 0 Å². The van der Waals surface area contributed by atoms with Crippen LogP contribution >= 0.6 is 15.9 Å². The van der Waals surface area contributed by atoms with E-state index in [1.165, 1.54) is 0 Å². The van der Waals surface area contributed by atoms with Gasteiger partial charge in [0.2, 0.25) is 17.6 Å². The Balaban J connectivity index is 0.000000427. The van der Waals surface area contributed by atoms with E-state index in [0.717, 1.165) is 64.2 Å². The Hall–Kier alpha value is -3.89. The van der Waals surface area contributed by atoms with E-state index in [1.807, 2.05) is 20.8 Å². The number of carbonyl (C=O) groups is 6. The van der Waals surface area contributed by atoms with Gasteiger partial charge in [0.1, 0.15) is 23.6 Å². The number of halogens is 4. The number of ether oxygens (including phenoxy) is 3. The van der Waals surface area contributed by atoms with Crippen molar-refractivity contribution in [2.75, 3.05) is 25.0 Å². The predicted octanol–water partition coefficient (Wildman–Crippen LogP) is 7.74. The molecule has 334 valence electrons. The number of alkyl halides is 1. The number of amides is 4. The van der Waals surface area contributed by atoms with Gasteiger partial charge in [-0.05, 0) is 106 Å². The summed E-state index contributed by atoms with van der Waals surface area (Å²) in [5.41, 5.74) is -1.13. The van der Waals surface area contributed by atoms with Gasteiger partial charge >= 0.3 is 12.2 Å². The molecule has 0 radical (unpaired) electrons. The lowest BCUT2D eigenvalue weighted by atomic mass is 10.0. The maximum atomic E-state index is 13.8. The SMILES string of the molecule is CC(C)(C)OC(=O)NCCCC[C@H](NC(=O)C1CCCC1)C(=O)CBr.CC(C)(C)OC(=O)NCCCC[C@H](NC(=O)C1CCCC1)C(=O)COc1cc(F)cc(F)c1F. The van der Waals surface area contributed by atoms with Crippen LogP contribution in [0.25, 0.3) is 0 Å². The molecule has 0 aliphatic heterocycles. The quantitative estimate of drug-likeness (QED) is 0.0579. The summed E-state index contributed by atoms with van der Waals surface area (Å²) in [6.45, 7) is 10.8. The fourth-order valence-electron chi connectivity index (χ4n) is 6.52. The molecule has 2 aliphatic carbocycles. The second-order valence-electron chi connectivity index (χ2n) is 17.0. The Morgan fingerprint density at radius 1 is 0.678 bits per heavy atom. The zero-order valence-corrected chi connectivity index (χ0v) is 37.0. The predicted molar refractivity (Wildman–Crippen MR) is 220 cm³/mol. The van der Waals surface area contributed by atoms with Crippen molar-refractivity contribution in [3.63, 3.8) is 0 Å². The van der Waals surface area contributed by atoms with E-state index in [4.69, 9.17) is 14.2 Å². The number of hydrogen-bond acceptors (Lipinski definition) is 9. The maximum absolute atomic E-state index is 13.8. The first kappa shape index (κ1) is 51.3. The second-order valence-corrected chi connectivity index (χ2v) is 17.5. The molecular formula is C42H64BrF3N4O9. The second kappa shape index (κ2) is 25.7. The molecule has 0 spiro atoms. The normalized spacial score (nSPS) is 15.6. The molecule has 3 rings (SSSR count). The highest BCUT2D eigenvalue weighted by Crippen LogP contribution is 2.26. The number of benzene rings is 1. The number of alkyl carbamates (subject to hydrolysis) is 2. The van der Waals surface area contributed by atoms with Crippen LogP contribution in [-0.2, 0) is 28.7 Å². The van der Waals surface area contributed by atoms with Crippen LogP contribution in [0.5, 0.6) is 5.75 Å². The lowest BCUT2D eigenvalue weighted by Crippen LogP contribution is -2.45. The largest absolute Gasteiger partial charge is 0.482 e. The molecular weight excluding hydrogens is 841 g/mol. The number of nitrogens with one attached hydrogen (secondary N) is 4. The average molecular weight is 906 g/mol. The molecule has 13 nitrogen and oxygen atoms in total. The molecule has 17 heteroatoms. The Morgan fingerprint density at radius 3 is 1.51 bits per heavy atom. The third-order valence-corrected chi connectivity index (χ3v) is 10.1. The van der Waals surface area contributed by atoms with Crippen LogP contribution < -0.4 is 26.0 Å². The molecule has 0 heterocycles. The van der Waals surface area contributed by atoms with E-state index >= 15 is 0 Å². The van der Waals surface area contributed by atoms with Crippen molar-refractivity contribution in [1.82, 2.24) is 21.3 Å². The first-order valence-corrected chi connectivity index (χ1v) is 21.7. The first-order chi connectivity index (χ1) is 27.7. The van der Waals surface area contributed by atoms with Gasteiger partial charge in [-0.2, -0.15) is 4.39 Å². The zero-order chi connectivity index (χ0) is 44.2. The Morgan fingerprint density at radius 2 is 1.10 bits per heavy atom. The molecule has 0 unspecified atom stereocenters. The lowest BCUT2D eigenvalue weighted by molar-refractivity contribution is -0.131. The third kappa shape index (κ3) is 21.3. The van der Waals surface area contributed by atoms with Gasteiger partial charge in [0.15, 0.2) is 23.1 Å².